The Morgan fingerprint density at radius 1 is 1.35 bits per heavy atom. The minimum absolute atomic E-state index is 0.125. The second kappa shape index (κ2) is 6.84. The van der Waals surface area contributed by atoms with E-state index in [0.29, 0.717) is 23.7 Å². The molecule has 0 radical (unpaired) electrons. The molecule has 1 N–H and O–H groups in total. The third-order valence-corrected chi connectivity index (χ3v) is 4.63. The Balaban J connectivity index is 1.65. The van der Waals surface area contributed by atoms with Gasteiger partial charge in [0.25, 0.3) is 11.5 Å². The van der Waals surface area contributed by atoms with Gasteiger partial charge in [0, 0.05) is 17.1 Å². The molecule has 0 unspecified atom stereocenters. The van der Waals surface area contributed by atoms with E-state index in [1.54, 1.807) is 24.3 Å². The fraction of sp³-hybridized carbons (Fsp3) is 0.312. The summed E-state index contributed by atoms with van der Waals surface area (Å²) in [7, 11) is 0. The predicted molar refractivity (Wildman–Crippen MR) is 92.0 cm³/mol. The first-order valence-corrected chi connectivity index (χ1v) is 8.55. The monoisotopic (exact) mass is 395 g/mol. The van der Waals surface area contributed by atoms with Crippen LogP contribution in [0, 0.1) is 0 Å². The Morgan fingerprint density at radius 2 is 2.17 bits per heavy atom. The summed E-state index contributed by atoms with van der Waals surface area (Å²) in [6.45, 7) is 0.650. The van der Waals surface area contributed by atoms with Crippen LogP contribution in [0.3, 0.4) is 0 Å². The molecule has 1 heterocycles. The number of nitrogens with zero attached hydrogens (tertiary/aromatic N) is 2. The summed E-state index contributed by atoms with van der Waals surface area (Å²) in [4.78, 5) is 24.1. The van der Waals surface area contributed by atoms with Gasteiger partial charge < -0.3 is 5.32 Å². The van der Waals surface area contributed by atoms with Crippen molar-refractivity contribution in [1.82, 2.24) is 15.1 Å². The van der Waals surface area contributed by atoms with Gasteiger partial charge in [-0.2, -0.15) is 5.10 Å². The van der Waals surface area contributed by atoms with E-state index in [4.69, 9.17) is 11.6 Å². The minimum Gasteiger partial charge on any atom is -0.350 e. The van der Waals surface area contributed by atoms with Crippen molar-refractivity contribution in [2.75, 3.05) is 6.54 Å². The minimum atomic E-state index is -0.273. The highest BCUT2D eigenvalue weighted by molar-refractivity contribution is 9.10. The van der Waals surface area contributed by atoms with Crippen molar-refractivity contribution in [3.8, 4) is 0 Å². The van der Waals surface area contributed by atoms with E-state index in [1.165, 1.54) is 4.68 Å². The maximum absolute atomic E-state index is 12.2. The van der Waals surface area contributed by atoms with Gasteiger partial charge in [-0.05, 0) is 43.0 Å². The highest BCUT2D eigenvalue weighted by atomic mass is 79.9. The van der Waals surface area contributed by atoms with Gasteiger partial charge in [-0.1, -0.05) is 27.5 Å². The standard InChI is InChI=1S/C16H15BrClN3O2/c17-11-4-5-13(18)12(9-11)16(23)19-6-7-21-15(22)8-10-2-1-3-14(10)20-21/h4-5,8-9H,1-3,6-7H2,(H,19,23). The van der Waals surface area contributed by atoms with E-state index < -0.39 is 0 Å². The SMILES string of the molecule is O=C(NCCn1nc2c(cc1=O)CCC2)c1cc(Br)ccc1Cl. The number of fused-ring (bicyclic) bond motifs is 1. The summed E-state index contributed by atoms with van der Waals surface area (Å²) in [6, 6.07) is 6.75. The van der Waals surface area contributed by atoms with Crippen LogP contribution in [0.5, 0.6) is 0 Å². The molecule has 1 aromatic heterocycles. The Kier molecular flexibility index (Phi) is 4.82. The lowest BCUT2D eigenvalue weighted by molar-refractivity contribution is 0.0952. The Morgan fingerprint density at radius 3 is 3.00 bits per heavy atom. The van der Waals surface area contributed by atoms with E-state index >= 15 is 0 Å². The molecule has 0 saturated carbocycles. The van der Waals surface area contributed by atoms with Crippen molar-refractivity contribution in [2.24, 2.45) is 0 Å². The van der Waals surface area contributed by atoms with Gasteiger partial charge in [0.2, 0.25) is 0 Å². The molecule has 0 saturated heterocycles. The predicted octanol–water partition coefficient (Wildman–Crippen LogP) is 2.58. The van der Waals surface area contributed by atoms with Crippen LogP contribution in [-0.2, 0) is 19.4 Å². The molecule has 120 valence electrons. The van der Waals surface area contributed by atoms with Crippen molar-refractivity contribution >= 4 is 33.4 Å². The molecule has 1 aliphatic rings. The lowest BCUT2D eigenvalue weighted by atomic mass is 10.2. The Labute approximate surface area is 146 Å². The van der Waals surface area contributed by atoms with Crippen molar-refractivity contribution in [2.45, 2.75) is 25.8 Å². The van der Waals surface area contributed by atoms with Crippen LogP contribution in [0.4, 0.5) is 0 Å². The zero-order valence-electron chi connectivity index (χ0n) is 12.3. The third kappa shape index (κ3) is 3.64. The molecule has 5 nitrogen and oxygen atoms in total. The highest BCUT2D eigenvalue weighted by Crippen LogP contribution is 2.20. The maximum Gasteiger partial charge on any atom is 0.267 e. The van der Waals surface area contributed by atoms with Crippen LogP contribution in [-0.4, -0.2) is 22.2 Å². The van der Waals surface area contributed by atoms with E-state index in [1.807, 2.05) is 0 Å². The largest absolute Gasteiger partial charge is 0.350 e. The van der Waals surface area contributed by atoms with Gasteiger partial charge in [-0.15, -0.1) is 0 Å². The molecule has 0 aliphatic heterocycles. The number of amides is 1. The zero-order valence-corrected chi connectivity index (χ0v) is 14.7. The number of hydrogen-bond donors (Lipinski definition) is 1. The fourth-order valence-corrected chi connectivity index (χ4v) is 3.21. The molecule has 1 aromatic carbocycles. The molecule has 0 atom stereocenters. The van der Waals surface area contributed by atoms with Crippen LogP contribution in [0.25, 0.3) is 0 Å². The molecule has 23 heavy (non-hydrogen) atoms. The Hall–Kier alpha value is -1.66. The number of carbonyl (C=O) groups excluding carboxylic acids is 1. The number of aromatic nitrogens is 2. The highest BCUT2D eigenvalue weighted by Gasteiger charge is 2.15. The van der Waals surface area contributed by atoms with Crippen molar-refractivity contribution < 1.29 is 4.79 Å². The first-order chi connectivity index (χ1) is 11.0. The molecular formula is C16H15BrClN3O2. The molecule has 7 heteroatoms. The molecule has 0 spiro atoms. The van der Waals surface area contributed by atoms with Gasteiger partial charge >= 0.3 is 0 Å². The third-order valence-electron chi connectivity index (χ3n) is 3.81. The average molecular weight is 397 g/mol. The summed E-state index contributed by atoms with van der Waals surface area (Å²) in [5, 5.41) is 7.53. The number of benzene rings is 1. The molecule has 2 aromatic rings. The number of nitrogens with one attached hydrogen (secondary N) is 1. The molecular weight excluding hydrogens is 382 g/mol. The smallest absolute Gasteiger partial charge is 0.267 e. The lowest BCUT2D eigenvalue weighted by Crippen LogP contribution is -2.32. The molecule has 1 amide bonds. The summed E-state index contributed by atoms with van der Waals surface area (Å²) in [5.74, 6) is -0.273. The van der Waals surface area contributed by atoms with Gasteiger partial charge in [0.05, 0.1) is 22.8 Å². The van der Waals surface area contributed by atoms with E-state index in [-0.39, 0.29) is 11.5 Å². The van der Waals surface area contributed by atoms with E-state index in [0.717, 1.165) is 35.0 Å². The van der Waals surface area contributed by atoms with Gasteiger partial charge in [0.1, 0.15) is 0 Å². The summed E-state index contributed by atoms with van der Waals surface area (Å²) in [5.41, 5.74) is 2.32. The van der Waals surface area contributed by atoms with Crippen LogP contribution >= 0.6 is 27.5 Å². The maximum atomic E-state index is 12.2. The molecule has 0 fully saturated rings. The van der Waals surface area contributed by atoms with Crippen molar-refractivity contribution in [3.63, 3.8) is 0 Å². The fourth-order valence-electron chi connectivity index (χ4n) is 2.64. The number of aryl methyl sites for hydroxylation is 2. The number of hydrogen-bond acceptors (Lipinski definition) is 3. The number of halogens is 2. The summed E-state index contributed by atoms with van der Waals surface area (Å²) in [6.07, 6.45) is 2.88. The number of rotatable bonds is 4. The van der Waals surface area contributed by atoms with Gasteiger partial charge in [-0.3, -0.25) is 9.59 Å². The molecule has 1 aliphatic carbocycles. The quantitative estimate of drug-likeness (QED) is 0.864. The van der Waals surface area contributed by atoms with Crippen molar-refractivity contribution in [3.05, 3.63) is 60.9 Å². The first kappa shape index (κ1) is 16.2. The Bertz CT molecular complexity index is 819. The molecule has 0 bridgehead atoms. The van der Waals surface area contributed by atoms with Crippen LogP contribution in [0.15, 0.2) is 33.5 Å². The van der Waals surface area contributed by atoms with E-state index in [2.05, 4.69) is 26.3 Å². The molecule has 3 rings (SSSR count). The van der Waals surface area contributed by atoms with Crippen molar-refractivity contribution in [1.29, 1.82) is 0 Å². The van der Waals surface area contributed by atoms with Crippen LogP contribution in [0.2, 0.25) is 5.02 Å². The summed E-state index contributed by atoms with van der Waals surface area (Å²) >= 11 is 9.34. The lowest BCUT2D eigenvalue weighted by Gasteiger charge is -2.09. The average Bonchev–Trinajstić information content (AvgIpc) is 2.96. The van der Waals surface area contributed by atoms with Crippen LogP contribution < -0.4 is 10.9 Å². The van der Waals surface area contributed by atoms with Gasteiger partial charge in [0.15, 0.2) is 0 Å². The van der Waals surface area contributed by atoms with Crippen LogP contribution in [0.1, 0.15) is 28.0 Å². The summed E-state index contributed by atoms with van der Waals surface area (Å²) < 4.78 is 2.19. The number of carbonyl (C=O) groups is 1. The topological polar surface area (TPSA) is 64.0 Å². The first-order valence-electron chi connectivity index (χ1n) is 7.38. The normalized spacial score (nSPS) is 13.0. The van der Waals surface area contributed by atoms with E-state index in [9.17, 15) is 9.59 Å². The second-order valence-corrected chi connectivity index (χ2v) is 6.73. The zero-order chi connectivity index (χ0) is 16.4. The second-order valence-electron chi connectivity index (χ2n) is 5.41. The van der Waals surface area contributed by atoms with Gasteiger partial charge in [-0.25, -0.2) is 4.68 Å².